The molecule has 0 radical (unpaired) electrons. The molecule has 2 heterocycles. The largest absolute Gasteiger partial charge is 0.431 e. The molecule has 3 aromatic rings. The van der Waals surface area contributed by atoms with E-state index in [0.717, 1.165) is 21.8 Å². The van der Waals surface area contributed by atoms with E-state index in [1.165, 1.54) is 23.3 Å². The van der Waals surface area contributed by atoms with Crippen LogP contribution in [0.5, 0.6) is 0 Å². The maximum absolute atomic E-state index is 5.60. The first-order chi connectivity index (χ1) is 8.86. The van der Waals surface area contributed by atoms with Gasteiger partial charge in [0.15, 0.2) is 5.58 Å². The van der Waals surface area contributed by atoms with Crippen molar-refractivity contribution >= 4 is 39.4 Å². The minimum atomic E-state index is 0.614. The molecule has 18 heavy (non-hydrogen) atoms. The van der Waals surface area contributed by atoms with Crippen molar-refractivity contribution in [2.24, 2.45) is 5.84 Å². The Morgan fingerprint density at radius 2 is 2.28 bits per heavy atom. The minimum Gasteiger partial charge on any atom is -0.431 e. The van der Waals surface area contributed by atoms with Gasteiger partial charge in [-0.1, -0.05) is 28.4 Å². The van der Waals surface area contributed by atoms with Crippen LogP contribution >= 0.6 is 23.3 Å². The molecule has 0 aliphatic rings. The summed E-state index contributed by atoms with van der Waals surface area (Å²) in [6, 6.07) is 7.66. The van der Waals surface area contributed by atoms with Gasteiger partial charge in [-0.25, -0.2) is 10.8 Å². The fourth-order valence-corrected chi connectivity index (χ4v) is 2.81. The number of hydrogen-bond acceptors (Lipinski definition) is 8. The van der Waals surface area contributed by atoms with Crippen LogP contribution in [-0.2, 0) is 5.75 Å². The van der Waals surface area contributed by atoms with Gasteiger partial charge in [0, 0.05) is 11.5 Å². The van der Waals surface area contributed by atoms with Crippen LogP contribution in [0.25, 0.3) is 11.1 Å². The van der Waals surface area contributed by atoms with Crippen molar-refractivity contribution in [1.82, 2.24) is 14.6 Å². The lowest BCUT2D eigenvalue weighted by molar-refractivity contribution is 0.489. The van der Waals surface area contributed by atoms with Gasteiger partial charge in [-0.2, -0.15) is 0 Å². The van der Waals surface area contributed by atoms with Crippen molar-refractivity contribution in [1.29, 1.82) is 0 Å². The summed E-state index contributed by atoms with van der Waals surface area (Å²) in [7, 11) is 0. The van der Waals surface area contributed by atoms with Crippen molar-refractivity contribution in [3.8, 4) is 0 Å². The van der Waals surface area contributed by atoms with Crippen LogP contribution in [-0.4, -0.2) is 14.6 Å². The van der Waals surface area contributed by atoms with Gasteiger partial charge in [0.2, 0.25) is 0 Å². The smallest absolute Gasteiger partial charge is 0.257 e. The van der Waals surface area contributed by atoms with E-state index in [2.05, 4.69) is 20.0 Å². The first-order valence-electron chi connectivity index (χ1n) is 5.13. The molecule has 6 nitrogen and oxygen atoms in total. The van der Waals surface area contributed by atoms with Crippen LogP contribution in [0.15, 0.2) is 33.9 Å². The van der Waals surface area contributed by atoms with Gasteiger partial charge in [-0.05, 0) is 12.1 Å². The molecule has 1 aromatic carbocycles. The number of hydrazine groups is 1. The lowest BCUT2D eigenvalue weighted by atomic mass is 10.3. The number of benzene rings is 1. The maximum Gasteiger partial charge on any atom is 0.257 e. The highest BCUT2D eigenvalue weighted by Gasteiger charge is 2.10. The highest BCUT2D eigenvalue weighted by Crippen LogP contribution is 2.28. The van der Waals surface area contributed by atoms with E-state index < -0.39 is 0 Å². The summed E-state index contributed by atoms with van der Waals surface area (Å²) in [5.74, 6) is 5.97. The second-order valence-corrected chi connectivity index (χ2v) is 5.11. The molecule has 0 aliphatic carbocycles. The van der Waals surface area contributed by atoms with Crippen molar-refractivity contribution in [3.05, 3.63) is 30.0 Å². The van der Waals surface area contributed by atoms with Crippen LogP contribution in [0.4, 0.5) is 5.00 Å². The molecule has 0 amide bonds. The highest BCUT2D eigenvalue weighted by atomic mass is 32.2. The topological polar surface area (TPSA) is 89.9 Å². The summed E-state index contributed by atoms with van der Waals surface area (Å²) in [5, 5.41) is 5.37. The van der Waals surface area contributed by atoms with Gasteiger partial charge < -0.3 is 9.84 Å². The second-order valence-electron chi connectivity index (χ2n) is 3.43. The van der Waals surface area contributed by atoms with Gasteiger partial charge >= 0.3 is 0 Å². The molecule has 0 unspecified atom stereocenters. The Morgan fingerprint density at radius 3 is 3.11 bits per heavy atom. The summed E-state index contributed by atoms with van der Waals surface area (Å²) in [5.41, 5.74) is 5.01. The summed E-state index contributed by atoms with van der Waals surface area (Å²) in [6.07, 6.45) is 0. The molecule has 92 valence electrons. The Bertz CT molecular complexity index is 632. The summed E-state index contributed by atoms with van der Waals surface area (Å²) >= 11 is 2.69. The molecule has 0 aliphatic heterocycles. The fourth-order valence-electron chi connectivity index (χ4n) is 1.46. The number of fused-ring (bicyclic) bond motifs is 1. The third-order valence-electron chi connectivity index (χ3n) is 2.29. The number of hydrogen-bond donors (Lipinski definition) is 2. The van der Waals surface area contributed by atoms with Crippen LogP contribution in [0, 0.1) is 0 Å². The SMILES string of the molecule is NNc1snnc1CSc1nc2ccccc2o1. The molecule has 2 aromatic heterocycles. The molecule has 0 fully saturated rings. The van der Waals surface area contributed by atoms with E-state index in [0.29, 0.717) is 11.0 Å². The van der Waals surface area contributed by atoms with E-state index in [9.17, 15) is 0 Å². The van der Waals surface area contributed by atoms with Crippen LogP contribution in [0.3, 0.4) is 0 Å². The Kier molecular flexibility index (Phi) is 3.13. The number of thioether (sulfide) groups is 1. The average molecular weight is 279 g/mol. The molecule has 8 heteroatoms. The average Bonchev–Trinajstić information content (AvgIpc) is 3.01. The number of rotatable bonds is 4. The number of aromatic nitrogens is 3. The molecular weight excluding hydrogens is 270 g/mol. The van der Waals surface area contributed by atoms with Crippen molar-refractivity contribution < 1.29 is 4.42 Å². The lowest BCUT2D eigenvalue weighted by Gasteiger charge is -1.96. The predicted molar refractivity (Wildman–Crippen MR) is 71.3 cm³/mol. The maximum atomic E-state index is 5.60. The molecule has 0 saturated heterocycles. The first kappa shape index (κ1) is 11.5. The zero-order chi connectivity index (χ0) is 12.4. The monoisotopic (exact) mass is 279 g/mol. The second kappa shape index (κ2) is 4.92. The third-order valence-corrected chi connectivity index (χ3v) is 3.83. The van der Waals surface area contributed by atoms with Gasteiger partial charge in [0.05, 0.1) is 5.75 Å². The molecule has 3 rings (SSSR count). The highest BCUT2D eigenvalue weighted by molar-refractivity contribution is 7.98. The van der Waals surface area contributed by atoms with Gasteiger partial charge in [0.1, 0.15) is 16.2 Å². The Balaban J connectivity index is 1.77. The van der Waals surface area contributed by atoms with E-state index in [1.807, 2.05) is 24.3 Å². The first-order valence-corrected chi connectivity index (χ1v) is 6.89. The number of nitrogens with one attached hydrogen (secondary N) is 1. The van der Waals surface area contributed by atoms with Gasteiger partial charge in [-0.3, -0.25) is 0 Å². The fraction of sp³-hybridized carbons (Fsp3) is 0.100. The predicted octanol–water partition coefficient (Wildman–Crippen LogP) is 2.26. The molecule has 0 saturated carbocycles. The third kappa shape index (κ3) is 2.17. The Morgan fingerprint density at radius 1 is 1.39 bits per heavy atom. The summed E-state index contributed by atoms with van der Waals surface area (Å²) < 4.78 is 9.43. The number of nitrogens with zero attached hydrogens (tertiary/aromatic N) is 3. The van der Waals surface area contributed by atoms with E-state index in [-0.39, 0.29) is 0 Å². The van der Waals surface area contributed by atoms with Gasteiger partial charge in [0.25, 0.3) is 5.22 Å². The van der Waals surface area contributed by atoms with E-state index in [4.69, 9.17) is 10.3 Å². The molecule has 0 bridgehead atoms. The van der Waals surface area contributed by atoms with Crippen molar-refractivity contribution in [2.75, 3.05) is 5.43 Å². The van der Waals surface area contributed by atoms with Crippen LogP contribution in [0.2, 0.25) is 0 Å². The standard InChI is InChI=1S/C10H9N5OS2/c11-13-9-7(14-15-18-9)5-17-10-12-6-3-1-2-4-8(6)16-10/h1-4,13H,5,11H2. The number of anilines is 1. The summed E-state index contributed by atoms with van der Waals surface area (Å²) in [6.45, 7) is 0. The number of para-hydroxylation sites is 2. The van der Waals surface area contributed by atoms with Crippen LogP contribution in [0.1, 0.15) is 5.69 Å². The number of nitrogens with two attached hydrogens (primary N) is 1. The van der Waals surface area contributed by atoms with Gasteiger partial charge in [-0.15, -0.1) is 5.10 Å². The molecule has 0 atom stereocenters. The Labute approximate surface area is 111 Å². The molecule has 3 N–H and O–H groups in total. The number of oxazole rings is 1. The normalized spacial score (nSPS) is 10.9. The quantitative estimate of drug-likeness (QED) is 0.430. The zero-order valence-electron chi connectivity index (χ0n) is 9.16. The summed E-state index contributed by atoms with van der Waals surface area (Å²) in [4.78, 5) is 4.37. The van der Waals surface area contributed by atoms with E-state index in [1.54, 1.807) is 0 Å². The Hall–Kier alpha value is -1.64. The minimum absolute atomic E-state index is 0.614. The van der Waals surface area contributed by atoms with Crippen LogP contribution < -0.4 is 11.3 Å². The number of nitrogen functional groups attached to an aromatic ring is 1. The molecule has 0 spiro atoms. The lowest BCUT2D eigenvalue weighted by Crippen LogP contribution is -2.06. The van der Waals surface area contributed by atoms with Crippen molar-refractivity contribution in [3.63, 3.8) is 0 Å². The molecular formula is C10H9N5OS2. The zero-order valence-corrected chi connectivity index (χ0v) is 10.8. The van der Waals surface area contributed by atoms with Crippen molar-refractivity contribution in [2.45, 2.75) is 11.0 Å². The van der Waals surface area contributed by atoms with E-state index >= 15 is 0 Å².